The summed E-state index contributed by atoms with van der Waals surface area (Å²) in [6, 6.07) is 17.7. The third-order valence-corrected chi connectivity index (χ3v) is 5.79. The summed E-state index contributed by atoms with van der Waals surface area (Å²) in [6.45, 7) is 7.67. The molecule has 0 aromatic heterocycles. The second kappa shape index (κ2) is 11.6. The van der Waals surface area contributed by atoms with Crippen molar-refractivity contribution in [1.29, 1.82) is 0 Å². The van der Waals surface area contributed by atoms with Crippen molar-refractivity contribution in [2.24, 2.45) is 4.99 Å². The molecule has 1 heterocycles. The van der Waals surface area contributed by atoms with Crippen LogP contribution in [0.2, 0.25) is 0 Å². The first-order chi connectivity index (χ1) is 15.1. The number of rotatable bonds is 8. The van der Waals surface area contributed by atoms with E-state index in [1.165, 1.54) is 5.56 Å². The second-order valence-electron chi connectivity index (χ2n) is 8.01. The minimum Gasteiger partial charge on any atom is -0.493 e. The van der Waals surface area contributed by atoms with E-state index in [9.17, 15) is 0 Å². The van der Waals surface area contributed by atoms with Crippen molar-refractivity contribution in [3.63, 3.8) is 0 Å². The van der Waals surface area contributed by atoms with Gasteiger partial charge >= 0.3 is 0 Å². The molecule has 6 nitrogen and oxygen atoms in total. The number of nitrogens with one attached hydrogen (secondary N) is 2. The summed E-state index contributed by atoms with van der Waals surface area (Å²) in [5.74, 6) is 2.36. The van der Waals surface area contributed by atoms with E-state index in [-0.39, 0.29) is 0 Å². The fraction of sp³-hybridized carbons (Fsp3) is 0.480. The molecule has 2 atom stereocenters. The van der Waals surface area contributed by atoms with Crippen molar-refractivity contribution in [3.05, 3.63) is 59.7 Å². The molecule has 31 heavy (non-hydrogen) atoms. The first kappa shape index (κ1) is 22.9. The Bertz CT molecular complexity index is 841. The summed E-state index contributed by atoms with van der Waals surface area (Å²) in [6.07, 6.45) is 2.21. The van der Waals surface area contributed by atoms with Crippen LogP contribution in [0.25, 0.3) is 0 Å². The van der Waals surface area contributed by atoms with Crippen LogP contribution in [0.1, 0.15) is 37.8 Å². The normalized spacial score (nSPS) is 19.7. The van der Waals surface area contributed by atoms with Gasteiger partial charge in [0.2, 0.25) is 0 Å². The van der Waals surface area contributed by atoms with Crippen LogP contribution >= 0.6 is 0 Å². The van der Waals surface area contributed by atoms with Crippen molar-refractivity contribution in [1.82, 2.24) is 15.5 Å². The number of methoxy groups -OCH3 is 1. The van der Waals surface area contributed by atoms with Crippen LogP contribution in [0.15, 0.2) is 53.5 Å². The third-order valence-electron chi connectivity index (χ3n) is 5.79. The van der Waals surface area contributed by atoms with Gasteiger partial charge in [-0.05, 0) is 49.9 Å². The Morgan fingerprint density at radius 1 is 1.13 bits per heavy atom. The van der Waals surface area contributed by atoms with Crippen molar-refractivity contribution in [2.75, 3.05) is 27.3 Å². The van der Waals surface area contributed by atoms with E-state index in [1.807, 2.05) is 32.2 Å². The lowest BCUT2D eigenvalue weighted by molar-refractivity contribution is 0.134. The Hall–Kier alpha value is -2.73. The van der Waals surface area contributed by atoms with E-state index >= 15 is 0 Å². The number of aliphatic imine (C=N–C) groups is 1. The Kier molecular flexibility index (Phi) is 8.59. The molecule has 168 valence electrons. The molecular formula is C25H36N4O2. The largest absolute Gasteiger partial charge is 0.493 e. The summed E-state index contributed by atoms with van der Waals surface area (Å²) < 4.78 is 11.1. The van der Waals surface area contributed by atoms with Gasteiger partial charge in [-0.1, -0.05) is 36.4 Å². The fourth-order valence-electron chi connectivity index (χ4n) is 4.08. The Labute approximate surface area is 186 Å². The van der Waals surface area contributed by atoms with E-state index in [1.54, 1.807) is 7.11 Å². The predicted molar refractivity (Wildman–Crippen MR) is 127 cm³/mol. The first-order valence-corrected chi connectivity index (χ1v) is 11.2. The van der Waals surface area contributed by atoms with Crippen molar-refractivity contribution < 1.29 is 9.47 Å². The maximum atomic E-state index is 5.68. The topological polar surface area (TPSA) is 58.1 Å². The van der Waals surface area contributed by atoms with Gasteiger partial charge in [0.05, 0.1) is 13.7 Å². The molecule has 2 aromatic carbocycles. The van der Waals surface area contributed by atoms with Crippen molar-refractivity contribution in [3.8, 4) is 11.5 Å². The van der Waals surface area contributed by atoms with Gasteiger partial charge in [-0.2, -0.15) is 0 Å². The van der Waals surface area contributed by atoms with Gasteiger partial charge < -0.3 is 20.1 Å². The van der Waals surface area contributed by atoms with E-state index in [0.29, 0.717) is 25.2 Å². The number of ether oxygens (including phenoxy) is 2. The van der Waals surface area contributed by atoms with Gasteiger partial charge in [-0.3, -0.25) is 9.89 Å². The van der Waals surface area contributed by atoms with Crippen LogP contribution < -0.4 is 20.1 Å². The number of likely N-dealkylation sites (tertiary alicyclic amines) is 1. The van der Waals surface area contributed by atoms with Crippen LogP contribution in [0, 0.1) is 0 Å². The maximum Gasteiger partial charge on any atom is 0.191 e. The van der Waals surface area contributed by atoms with Crippen LogP contribution in [0.3, 0.4) is 0 Å². The highest BCUT2D eigenvalue weighted by Gasteiger charge is 2.26. The van der Waals surface area contributed by atoms with Crippen LogP contribution in [-0.2, 0) is 13.1 Å². The highest BCUT2D eigenvalue weighted by Crippen LogP contribution is 2.28. The van der Waals surface area contributed by atoms with Gasteiger partial charge in [-0.15, -0.1) is 0 Å². The molecule has 0 saturated carbocycles. The number of guanidine groups is 1. The molecule has 3 rings (SSSR count). The smallest absolute Gasteiger partial charge is 0.191 e. The summed E-state index contributed by atoms with van der Waals surface area (Å²) in [7, 11) is 3.48. The lowest BCUT2D eigenvalue weighted by atomic mass is 9.97. The Morgan fingerprint density at radius 3 is 2.61 bits per heavy atom. The van der Waals surface area contributed by atoms with Crippen LogP contribution in [-0.4, -0.2) is 50.3 Å². The third kappa shape index (κ3) is 6.62. The molecule has 0 amide bonds. The minimum absolute atomic E-state index is 0.420. The number of piperidine rings is 1. The molecule has 1 aliphatic rings. The van der Waals surface area contributed by atoms with Crippen molar-refractivity contribution in [2.45, 2.75) is 51.9 Å². The fourth-order valence-corrected chi connectivity index (χ4v) is 4.08. The van der Waals surface area contributed by atoms with E-state index in [0.717, 1.165) is 49.0 Å². The van der Waals surface area contributed by atoms with Gasteiger partial charge in [-0.25, -0.2) is 0 Å². The average Bonchev–Trinajstić information content (AvgIpc) is 2.79. The quantitative estimate of drug-likeness (QED) is 0.498. The summed E-state index contributed by atoms with van der Waals surface area (Å²) >= 11 is 0. The number of nitrogens with zero attached hydrogens (tertiary/aromatic N) is 2. The minimum atomic E-state index is 0.420. The van der Waals surface area contributed by atoms with Gasteiger partial charge in [0.1, 0.15) is 0 Å². The van der Waals surface area contributed by atoms with E-state index < -0.39 is 0 Å². The number of benzene rings is 2. The summed E-state index contributed by atoms with van der Waals surface area (Å²) in [4.78, 5) is 6.99. The molecule has 1 saturated heterocycles. The molecule has 0 aliphatic carbocycles. The molecule has 2 aromatic rings. The molecule has 2 unspecified atom stereocenters. The zero-order valence-corrected chi connectivity index (χ0v) is 19.2. The standard InChI is InChI=1S/C25H36N4O2/c1-5-31-24-16-21(11-12-23(24)30-4)17-27-25(26-3)28-22-13-14-29(19(2)15-22)18-20-9-7-6-8-10-20/h6-12,16,19,22H,5,13-15,17-18H2,1-4H3,(H2,26,27,28). The SMILES string of the molecule is CCOc1cc(CNC(=NC)NC2CCN(Cc3ccccc3)C(C)C2)ccc1OC. The molecule has 0 bridgehead atoms. The first-order valence-electron chi connectivity index (χ1n) is 11.2. The van der Waals surface area contributed by atoms with E-state index in [2.05, 4.69) is 57.8 Å². The second-order valence-corrected chi connectivity index (χ2v) is 8.01. The van der Waals surface area contributed by atoms with Gasteiger partial charge in [0, 0.05) is 38.8 Å². The molecule has 2 N–H and O–H groups in total. The van der Waals surface area contributed by atoms with Gasteiger partial charge in [0.15, 0.2) is 17.5 Å². The summed E-state index contributed by atoms with van der Waals surface area (Å²) in [5, 5.41) is 7.04. The molecule has 6 heteroatoms. The molecular weight excluding hydrogens is 388 g/mol. The summed E-state index contributed by atoms with van der Waals surface area (Å²) in [5.41, 5.74) is 2.50. The molecule has 0 radical (unpaired) electrons. The lowest BCUT2D eigenvalue weighted by Gasteiger charge is -2.38. The highest BCUT2D eigenvalue weighted by molar-refractivity contribution is 5.80. The predicted octanol–water partition coefficient (Wildman–Crippen LogP) is 3.81. The number of hydrogen-bond acceptors (Lipinski definition) is 4. The molecule has 0 spiro atoms. The Balaban J connectivity index is 1.50. The van der Waals surface area contributed by atoms with Crippen molar-refractivity contribution >= 4 is 5.96 Å². The van der Waals surface area contributed by atoms with Crippen LogP contribution in [0.4, 0.5) is 0 Å². The Morgan fingerprint density at radius 2 is 1.94 bits per heavy atom. The average molecular weight is 425 g/mol. The molecule has 1 fully saturated rings. The van der Waals surface area contributed by atoms with E-state index in [4.69, 9.17) is 9.47 Å². The maximum absolute atomic E-state index is 5.68. The zero-order valence-electron chi connectivity index (χ0n) is 19.2. The van der Waals surface area contributed by atoms with Crippen LogP contribution in [0.5, 0.6) is 11.5 Å². The lowest BCUT2D eigenvalue weighted by Crippen LogP contribution is -2.51. The number of hydrogen-bond donors (Lipinski definition) is 2. The zero-order chi connectivity index (χ0) is 22.1. The monoisotopic (exact) mass is 424 g/mol. The highest BCUT2D eigenvalue weighted by atomic mass is 16.5. The van der Waals surface area contributed by atoms with Gasteiger partial charge in [0.25, 0.3) is 0 Å². The molecule has 1 aliphatic heterocycles.